The highest BCUT2D eigenvalue weighted by atomic mass is 35.5. The van der Waals surface area contributed by atoms with Crippen LogP contribution in [-0.2, 0) is 17.6 Å². The van der Waals surface area contributed by atoms with Crippen LogP contribution in [0.5, 0.6) is 0 Å². The molecule has 2 rings (SSSR count). The fourth-order valence-corrected chi connectivity index (χ4v) is 1.87. The lowest BCUT2D eigenvalue weighted by Gasteiger charge is -2.15. The number of amides is 1. The van der Waals surface area contributed by atoms with E-state index in [4.69, 9.17) is 0 Å². The van der Waals surface area contributed by atoms with Gasteiger partial charge in [-0.25, -0.2) is 4.98 Å². The number of carbonyl (C=O) groups excluding carboxylic acids is 1. The highest BCUT2D eigenvalue weighted by Crippen LogP contribution is 2.16. The molecule has 0 saturated heterocycles. The van der Waals surface area contributed by atoms with Crippen LogP contribution >= 0.6 is 24.8 Å². The minimum atomic E-state index is 0. The SMILES string of the molecule is CC(=O)N(C)c1ccc2c(n1)CCNCC2.Cl.Cl. The van der Waals surface area contributed by atoms with Gasteiger partial charge in [-0.1, -0.05) is 6.07 Å². The number of anilines is 1. The molecule has 0 spiro atoms. The maximum atomic E-state index is 11.3. The van der Waals surface area contributed by atoms with E-state index < -0.39 is 0 Å². The summed E-state index contributed by atoms with van der Waals surface area (Å²) in [6.45, 7) is 3.53. The molecule has 0 aromatic carbocycles. The van der Waals surface area contributed by atoms with Gasteiger partial charge in [0.2, 0.25) is 5.91 Å². The Morgan fingerprint density at radius 3 is 2.61 bits per heavy atom. The smallest absolute Gasteiger partial charge is 0.224 e. The number of pyridine rings is 1. The van der Waals surface area contributed by atoms with Crippen LogP contribution in [0.25, 0.3) is 0 Å². The van der Waals surface area contributed by atoms with E-state index in [1.54, 1.807) is 18.9 Å². The Bertz CT molecular complexity index is 412. The zero-order chi connectivity index (χ0) is 11.5. The fraction of sp³-hybridized carbons (Fsp3) is 0.500. The van der Waals surface area contributed by atoms with Crippen LogP contribution in [0, 0.1) is 0 Å². The summed E-state index contributed by atoms with van der Waals surface area (Å²) in [5.41, 5.74) is 2.42. The van der Waals surface area contributed by atoms with E-state index in [2.05, 4.69) is 16.4 Å². The summed E-state index contributed by atoms with van der Waals surface area (Å²) in [6.07, 6.45) is 1.96. The van der Waals surface area contributed by atoms with Gasteiger partial charge in [0.25, 0.3) is 0 Å². The predicted octanol–water partition coefficient (Wildman–Crippen LogP) is 1.60. The largest absolute Gasteiger partial charge is 0.316 e. The average molecular weight is 292 g/mol. The van der Waals surface area contributed by atoms with E-state index in [0.717, 1.165) is 37.4 Å². The number of nitrogens with one attached hydrogen (secondary N) is 1. The van der Waals surface area contributed by atoms with E-state index in [1.165, 1.54) is 5.56 Å². The lowest BCUT2D eigenvalue weighted by Crippen LogP contribution is -2.24. The molecule has 1 amide bonds. The first-order valence-corrected chi connectivity index (χ1v) is 5.62. The molecule has 0 bridgehead atoms. The second-order valence-corrected chi connectivity index (χ2v) is 4.10. The number of carbonyl (C=O) groups is 1. The van der Waals surface area contributed by atoms with E-state index in [9.17, 15) is 4.79 Å². The van der Waals surface area contributed by atoms with Crippen LogP contribution < -0.4 is 10.2 Å². The standard InChI is InChI=1S/C12H17N3O.2ClH/c1-9(16)15(2)12-4-3-10-5-7-13-8-6-11(10)14-12;;/h3-4,13H,5-8H2,1-2H3;2*1H. The molecule has 0 aliphatic carbocycles. The third kappa shape index (κ3) is 3.83. The number of nitrogens with zero attached hydrogens (tertiary/aromatic N) is 2. The van der Waals surface area contributed by atoms with Crippen molar-refractivity contribution in [3.63, 3.8) is 0 Å². The van der Waals surface area contributed by atoms with Crippen LogP contribution in [0.2, 0.25) is 0 Å². The van der Waals surface area contributed by atoms with Crippen LogP contribution in [0.1, 0.15) is 18.2 Å². The topological polar surface area (TPSA) is 45.2 Å². The number of hydrogen-bond donors (Lipinski definition) is 1. The summed E-state index contributed by atoms with van der Waals surface area (Å²) < 4.78 is 0. The molecule has 1 N–H and O–H groups in total. The van der Waals surface area contributed by atoms with Gasteiger partial charge in [-0.3, -0.25) is 4.79 Å². The van der Waals surface area contributed by atoms with Crippen molar-refractivity contribution in [2.75, 3.05) is 25.0 Å². The maximum absolute atomic E-state index is 11.3. The lowest BCUT2D eigenvalue weighted by molar-refractivity contribution is -0.116. The summed E-state index contributed by atoms with van der Waals surface area (Å²) in [7, 11) is 1.76. The Morgan fingerprint density at radius 2 is 1.94 bits per heavy atom. The van der Waals surface area contributed by atoms with Crippen LogP contribution in [0.15, 0.2) is 12.1 Å². The first-order valence-electron chi connectivity index (χ1n) is 5.62. The maximum Gasteiger partial charge on any atom is 0.224 e. The Kier molecular flexibility index (Phi) is 7.21. The Morgan fingerprint density at radius 1 is 1.28 bits per heavy atom. The summed E-state index contributed by atoms with van der Waals surface area (Å²) in [6, 6.07) is 4.01. The van der Waals surface area contributed by atoms with Gasteiger partial charge in [0, 0.05) is 32.6 Å². The molecule has 0 radical (unpaired) electrons. The molecule has 0 atom stereocenters. The molecule has 0 saturated carbocycles. The molecule has 6 heteroatoms. The summed E-state index contributed by atoms with van der Waals surface area (Å²) in [5, 5.41) is 3.35. The van der Waals surface area contributed by atoms with E-state index in [-0.39, 0.29) is 30.7 Å². The molecule has 0 unspecified atom stereocenters. The van der Waals surface area contributed by atoms with Gasteiger partial charge in [-0.05, 0) is 24.6 Å². The Labute approximate surface area is 120 Å². The highest BCUT2D eigenvalue weighted by Gasteiger charge is 2.12. The van der Waals surface area contributed by atoms with E-state index in [0.29, 0.717) is 0 Å². The quantitative estimate of drug-likeness (QED) is 0.855. The van der Waals surface area contributed by atoms with Crippen molar-refractivity contribution in [1.29, 1.82) is 0 Å². The average Bonchev–Trinajstić information content (AvgIpc) is 2.51. The molecular formula is C12H19Cl2N3O. The van der Waals surface area contributed by atoms with E-state index in [1.807, 2.05) is 6.07 Å². The second kappa shape index (κ2) is 7.56. The van der Waals surface area contributed by atoms with Gasteiger partial charge in [-0.15, -0.1) is 24.8 Å². The van der Waals surface area contributed by atoms with Crippen molar-refractivity contribution in [3.05, 3.63) is 23.4 Å². The van der Waals surface area contributed by atoms with Gasteiger partial charge in [-0.2, -0.15) is 0 Å². The number of fused-ring (bicyclic) bond motifs is 1. The van der Waals surface area contributed by atoms with Crippen molar-refractivity contribution in [2.24, 2.45) is 0 Å². The molecule has 1 aliphatic heterocycles. The minimum Gasteiger partial charge on any atom is -0.316 e. The second-order valence-electron chi connectivity index (χ2n) is 4.10. The van der Waals surface area contributed by atoms with Crippen molar-refractivity contribution >= 4 is 36.5 Å². The van der Waals surface area contributed by atoms with Crippen LogP contribution in [0.3, 0.4) is 0 Å². The normalized spacial score (nSPS) is 13.4. The monoisotopic (exact) mass is 291 g/mol. The summed E-state index contributed by atoms with van der Waals surface area (Å²) >= 11 is 0. The van der Waals surface area contributed by atoms with Crippen LogP contribution in [0.4, 0.5) is 5.82 Å². The number of halogens is 2. The summed E-state index contributed by atoms with van der Waals surface area (Å²) in [4.78, 5) is 17.4. The minimum absolute atomic E-state index is 0. The zero-order valence-corrected chi connectivity index (χ0v) is 12.2. The van der Waals surface area contributed by atoms with Gasteiger partial charge in [0.05, 0.1) is 0 Å². The van der Waals surface area contributed by atoms with Crippen molar-refractivity contribution < 1.29 is 4.79 Å². The Hall–Kier alpha value is -0.840. The number of aromatic nitrogens is 1. The molecule has 18 heavy (non-hydrogen) atoms. The molecule has 4 nitrogen and oxygen atoms in total. The van der Waals surface area contributed by atoms with E-state index >= 15 is 0 Å². The Balaban J connectivity index is 0.00000144. The molecule has 102 valence electrons. The zero-order valence-electron chi connectivity index (χ0n) is 10.6. The van der Waals surface area contributed by atoms with Gasteiger partial charge in [0.15, 0.2) is 0 Å². The highest BCUT2D eigenvalue weighted by molar-refractivity contribution is 5.89. The molecular weight excluding hydrogens is 273 g/mol. The molecule has 0 fully saturated rings. The van der Waals surface area contributed by atoms with Crippen LogP contribution in [-0.4, -0.2) is 31.0 Å². The first-order chi connectivity index (χ1) is 7.68. The first kappa shape index (κ1) is 17.2. The van der Waals surface area contributed by atoms with Gasteiger partial charge in [0.1, 0.15) is 5.82 Å². The van der Waals surface area contributed by atoms with Crippen molar-refractivity contribution in [1.82, 2.24) is 10.3 Å². The summed E-state index contributed by atoms with van der Waals surface area (Å²) in [5.74, 6) is 0.757. The van der Waals surface area contributed by atoms with Gasteiger partial charge < -0.3 is 10.2 Å². The molecule has 1 aliphatic rings. The third-order valence-electron chi connectivity index (χ3n) is 2.98. The third-order valence-corrected chi connectivity index (χ3v) is 2.98. The van der Waals surface area contributed by atoms with Crippen molar-refractivity contribution in [3.8, 4) is 0 Å². The lowest BCUT2D eigenvalue weighted by atomic mass is 10.1. The van der Waals surface area contributed by atoms with Gasteiger partial charge >= 0.3 is 0 Å². The number of rotatable bonds is 1. The molecule has 1 aromatic rings. The molecule has 1 aromatic heterocycles. The predicted molar refractivity (Wildman–Crippen MR) is 78.1 cm³/mol. The van der Waals surface area contributed by atoms with Crippen molar-refractivity contribution in [2.45, 2.75) is 19.8 Å². The molecule has 2 heterocycles. The fourth-order valence-electron chi connectivity index (χ4n) is 1.87. The number of hydrogen-bond acceptors (Lipinski definition) is 3.